The summed E-state index contributed by atoms with van der Waals surface area (Å²) in [4.78, 5) is 0. The smallest absolute Gasteiger partial charge is 0.195 e. The van der Waals surface area contributed by atoms with Gasteiger partial charge in [-0.15, -0.1) is 0 Å². The Kier molecular flexibility index (Phi) is 7.34. The summed E-state index contributed by atoms with van der Waals surface area (Å²) in [6, 6.07) is 6.39. The summed E-state index contributed by atoms with van der Waals surface area (Å²) in [5.74, 6) is -3.71. The number of unbranched alkanes of at least 4 members (excludes halogenated alkanes) is 1. The predicted octanol–water partition coefficient (Wildman–Crippen LogP) is 8.08. The lowest BCUT2D eigenvalue weighted by atomic mass is 9.80. The molecule has 2 aliphatic rings. The fourth-order valence-electron chi connectivity index (χ4n) is 5.04. The van der Waals surface area contributed by atoms with E-state index in [1.165, 1.54) is 37.8 Å². The second kappa shape index (κ2) is 10.2. The SMILES string of the molecule is CCCCC1CCC(C2CC=C(c3ccc(-c4ccc(F)c(F)c4F)c(F)c3)CC2)OC1. The topological polar surface area (TPSA) is 9.23 Å². The minimum atomic E-state index is -1.59. The first-order chi connectivity index (χ1) is 15.5. The van der Waals surface area contributed by atoms with Gasteiger partial charge in [0.05, 0.1) is 6.10 Å². The third-order valence-corrected chi connectivity index (χ3v) is 7.01. The largest absolute Gasteiger partial charge is 0.378 e. The maximum absolute atomic E-state index is 14.8. The molecule has 0 aromatic heterocycles. The van der Waals surface area contributed by atoms with Gasteiger partial charge in [0, 0.05) is 17.7 Å². The summed E-state index contributed by atoms with van der Waals surface area (Å²) in [6.07, 6.45) is 11.3. The van der Waals surface area contributed by atoms with Gasteiger partial charge in [0.15, 0.2) is 17.5 Å². The highest BCUT2D eigenvalue weighted by Gasteiger charge is 2.29. The number of allylic oxidation sites excluding steroid dienone is 2. The van der Waals surface area contributed by atoms with Gasteiger partial charge >= 0.3 is 0 Å². The summed E-state index contributed by atoms with van der Waals surface area (Å²) in [6.45, 7) is 3.09. The van der Waals surface area contributed by atoms with E-state index in [0.717, 1.165) is 55.6 Å². The molecule has 0 spiro atoms. The molecule has 5 heteroatoms. The Morgan fingerprint density at radius 1 is 0.906 bits per heavy atom. The van der Waals surface area contributed by atoms with E-state index in [1.54, 1.807) is 6.07 Å². The molecule has 2 aromatic rings. The Balaban J connectivity index is 1.41. The van der Waals surface area contributed by atoms with Crippen molar-refractivity contribution in [1.82, 2.24) is 0 Å². The molecule has 0 radical (unpaired) electrons. The molecular formula is C27H30F4O. The van der Waals surface area contributed by atoms with Crippen LogP contribution in [-0.2, 0) is 4.74 Å². The molecule has 0 saturated carbocycles. The van der Waals surface area contributed by atoms with Gasteiger partial charge in [0.1, 0.15) is 5.82 Å². The molecule has 3 atom stereocenters. The van der Waals surface area contributed by atoms with Crippen molar-refractivity contribution in [3.05, 3.63) is 65.2 Å². The summed E-state index contributed by atoms with van der Waals surface area (Å²) in [5, 5.41) is 0. The van der Waals surface area contributed by atoms with E-state index in [9.17, 15) is 17.6 Å². The van der Waals surface area contributed by atoms with Crippen LogP contribution in [0.15, 0.2) is 36.4 Å². The van der Waals surface area contributed by atoms with E-state index in [1.807, 2.05) is 0 Å². The lowest BCUT2D eigenvalue weighted by Crippen LogP contribution is -2.32. The van der Waals surface area contributed by atoms with Crippen LogP contribution in [0, 0.1) is 35.1 Å². The van der Waals surface area contributed by atoms with Crippen molar-refractivity contribution in [2.24, 2.45) is 11.8 Å². The van der Waals surface area contributed by atoms with Crippen molar-refractivity contribution in [3.8, 4) is 11.1 Å². The van der Waals surface area contributed by atoms with E-state index < -0.39 is 23.3 Å². The van der Waals surface area contributed by atoms with E-state index in [0.29, 0.717) is 17.9 Å². The molecule has 172 valence electrons. The zero-order valence-corrected chi connectivity index (χ0v) is 18.5. The van der Waals surface area contributed by atoms with E-state index in [4.69, 9.17) is 4.74 Å². The van der Waals surface area contributed by atoms with Crippen LogP contribution in [0.1, 0.15) is 63.9 Å². The normalized spacial score (nSPS) is 23.8. The molecule has 1 aliphatic heterocycles. The maximum Gasteiger partial charge on any atom is 0.195 e. The molecule has 0 bridgehead atoms. The molecule has 1 nitrogen and oxygen atoms in total. The van der Waals surface area contributed by atoms with Crippen LogP contribution in [-0.4, -0.2) is 12.7 Å². The zero-order valence-electron chi connectivity index (χ0n) is 18.5. The first kappa shape index (κ1) is 23.0. The van der Waals surface area contributed by atoms with Crippen molar-refractivity contribution in [2.75, 3.05) is 6.61 Å². The molecule has 1 saturated heterocycles. The van der Waals surface area contributed by atoms with Gasteiger partial charge in [-0.05, 0) is 79.7 Å². The standard InChI is InChI=1S/C27H30F4O/c1-2-3-4-17-5-14-25(32-16-17)19-8-6-18(7-9-19)20-10-11-21(24(29)15-20)22-12-13-23(28)27(31)26(22)30/h6,10-13,15,17,19,25H,2-5,7-9,14,16H2,1H3. The Labute approximate surface area is 187 Å². The van der Waals surface area contributed by atoms with Gasteiger partial charge in [-0.2, -0.15) is 0 Å². The van der Waals surface area contributed by atoms with Crippen molar-refractivity contribution < 1.29 is 22.3 Å². The van der Waals surface area contributed by atoms with Gasteiger partial charge in [-0.1, -0.05) is 38.0 Å². The fraction of sp³-hybridized carbons (Fsp3) is 0.481. The number of ether oxygens (including phenoxy) is 1. The lowest BCUT2D eigenvalue weighted by molar-refractivity contribution is -0.0507. The second-order valence-electron chi connectivity index (χ2n) is 9.14. The minimum absolute atomic E-state index is 0.0762. The maximum atomic E-state index is 14.8. The van der Waals surface area contributed by atoms with E-state index in [2.05, 4.69) is 13.0 Å². The van der Waals surface area contributed by atoms with Gasteiger partial charge in [0.25, 0.3) is 0 Å². The molecule has 1 heterocycles. The Hall–Kier alpha value is -2.14. The monoisotopic (exact) mass is 446 g/mol. The van der Waals surface area contributed by atoms with Crippen LogP contribution in [0.5, 0.6) is 0 Å². The Morgan fingerprint density at radius 3 is 2.38 bits per heavy atom. The molecule has 1 fully saturated rings. The fourth-order valence-corrected chi connectivity index (χ4v) is 5.04. The average molecular weight is 447 g/mol. The molecule has 32 heavy (non-hydrogen) atoms. The van der Waals surface area contributed by atoms with Crippen LogP contribution < -0.4 is 0 Å². The third kappa shape index (κ3) is 4.93. The molecule has 0 N–H and O–H groups in total. The molecule has 3 unspecified atom stereocenters. The molecule has 0 amide bonds. The highest BCUT2D eigenvalue weighted by atomic mass is 19.2. The average Bonchev–Trinajstić information content (AvgIpc) is 2.82. The number of halogens is 4. The van der Waals surface area contributed by atoms with Crippen LogP contribution in [0.3, 0.4) is 0 Å². The van der Waals surface area contributed by atoms with Crippen LogP contribution >= 0.6 is 0 Å². The Bertz CT molecular complexity index is 976. The minimum Gasteiger partial charge on any atom is -0.378 e. The van der Waals surface area contributed by atoms with Gasteiger partial charge in [-0.25, -0.2) is 17.6 Å². The van der Waals surface area contributed by atoms with Crippen molar-refractivity contribution >= 4 is 5.57 Å². The van der Waals surface area contributed by atoms with Crippen LogP contribution in [0.2, 0.25) is 0 Å². The molecule has 1 aliphatic carbocycles. The van der Waals surface area contributed by atoms with Crippen LogP contribution in [0.25, 0.3) is 16.7 Å². The Morgan fingerprint density at radius 2 is 1.72 bits per heavy atom. The highest BCUT2D eigenvalue weighted by molar-refractivity contribution is 5.71. The summed E-state index contributed by atoms with van der Waals surface area (Å²) < 4.78 is 61.8. The summed E-state index contributed by atoms with van der Waals surface area (Å²) in [7, 11) is 0. The van der Waals surface area contributed by atoms with Crippen molar-refractivity contribution in [1.29, 1.82) is 0 Å². The van der Waals surface area contributed by atoms with Gasteiger partial charge in [0.2, 0.25) is 0 Å². The highest BCUT2D eigenvalue weighted by Crippen LogP contribution is 2.38. The third-order valence-electron chi connectivity index (χ3n) is 7.01. The van der Waals surface area contributed by atoms with Crippen molar-refractivity contribution in [2.45, 2.75) is 64.4 Å². The first-order valence-electron chi connectivity index (χ1n) is 11.7. The lowest BCUT2D eigenvalue weighted by Gasteiger charge is -2.35. The molecule has 2 aromatic carbocycles. The molecule has 4 rings (SSSR count). The first-order valence-corrected chi connectivity index (χ1v) is 11.7. The number of benzene rings is 2. The second-order valence-corrected chi connectivity index (χ2v) is 9.14. The quantitative estimate of drug-likeness (QED) is 0.322. The zero-order chi connectivity index (χ0) is 22.7. The summed E-state index contributed by atoms with van der Waals surface area (Å²) in [5.41, 5.74) is 1.45. The van der Waals surface area contributed by atoms with Crippen LogP contribution in [0.4, 0.5) is 17.6 Å². The van der Waals surface area contributed by atoms with Gasteiger partial charge < -0.3 is 4.74 Å². The number of hydrogen-bond acceptors (Lipinski definition) is 1. The van der Waals surface area contributed by atoms with E-state index >= 15 is 0 Å². The van der Waals surface area contributed by atoms with E-state index in [-0.39, 0.29) is 11.1 Å². The van der Waals surface area contributed by atoms with Crippen molar-refractivity contribution in [3.63, 3.8) is 0 Å². The molecular weight excluding hydrogens is 416 g/mol. The summed E-state index contributed by atoms with van der Waals surface area (Å²) >= 11 is 0. The van der Waals surface area contributed by atoms with Gasteiger partial charge in [-0.3, -0.25) is 0 Å². The number of hydrogen-bond donors (Lipinski definition) is 0. The number of rotatable bonds is 6. The predicted molar refractivity (Wildman–Crippen MR) is 119 cm³/mol.